The van der Waals surface area contributed by atoms with Gasteiger partial charge < -0.3 is 10.3 Å². The van der Waals surface area contributed by atoms with Gasteiger partial charge in [0.1, 0.15) is 0 Å². The van der Waals surface area contributed by atoms with Crippen molar-refractivity contribution in [2.45, 2.75) is 29.7 Å². The molecule has 1 fully saturated rings. The number of benzene rings is 1. The van der Waals surface area contributed by atoms with Crippen molar-refractivity contribution in [3.63, 3.8) is 0 Å². The molecule has 0 unspecified atom stereocenters. The van der Waals surface area contributed by atoms with Gasteiger partial charge in [0.25, 0.3) is 0 Å². The number of nitrogens with zero attached hydrogens (tertiary/aromatic N) is 1. The maximum Gasteiger partial charge on any atom is 0.233 e. The molecule has 1 saturated heterocycles. The Kier molecular flexibility index (Phi) is 4.65. The van der Waals surface area contributed by atoms with E-state index in [1.54, 1.807) is 0 Å². The van der Waals surface area contributed by atoms with E-state index in [-0.39, 0.29) is 11.2 Å². The number of thioether (sulfide) groups is 1. The summed E-state index contributed by atoms with van der Waals surface area (Å²) < 4.78 is 1.05. The highest BCUT2D eigenvalue weighted by Gasteiger charge is 2.22. The lowest BCUT2D eigenvalue weighted by Gasteiger charge is -2.10. The van der Waals surface area contributed by atoms with Gasteiger partial charge in [-0.2, -0.15) is 0 Å². The molecule has 0 bridgehead atoms. The van der Waals surface area contributed by atoms with E-state index in [0.717, 1.165) is 46.7 Å². The van der Waals surface area contributed by atoms with Gasteiger partial charge in [0.2, 0.25) is 5.91 Å². The smallest absolute Gasteiger partial charge is 0.233 e. The van der Waals surface area contributed by atoms with Crippen LogP contribution < -0.4 is 5.32 Å². The second-order valence-electron chi connectivity index (χ2n) is 5.00. The van der Waals surface area contributed by atoms with E-state index in [2.05, 4.69) is 31.2 Å². The number of hydrogen-bond acceptors (Lipinski definition) is 3. The topological polar surface area (TPSA) is 57.8 Å². The maximum absolute atomic E-state index is 12.0. The Labute approximate surface area is 136 Å². The van der Waals surface area contributed by atoms with E-state index in [0.29, 0.717) is 0 Å². The summed E-state index contributed by atoms with van der Waals surface area (Å²) in [5.41, 5.74) is 2.06. The molecule has 1 aliphatic heterocycles. The summed E-state index contributed by atoms with van der Waals surface area (Å²) in [5.74, 6) is 0.124. The zero-order valence-corrected chi connectivity index (χ0v) is 13.8. The highest BCUT2D eigenvalue weighted by atomic mass is 79.9. The number of amides is 1. The van der Waals surface area contributed by atoms with E-state index in [9.17, 15) is 4.79 Å². The first kappa shape index (κ1) is 14.7. The van der Waals surface area contributed by atoms with Gasteiger partial charge in [0.15, 0.2) is 5.16 Å². The number of H-pyrrole nitrogens is 1. The number of aromatic amines is 1. The van der Waals surface area contributed by atoms with Crippen molar-refractivity contribution in [2.75, 3.05) is 6.54 Å². The standard InChI is InChI=1S/C15H16BrN3OS/c16-11-6-4-10(5-7-11)12-9-18-15(19-12)21-13-3-1-2-8-17-14(13)20/h4-7,9,13H,1-3,8H2,(H,17,20)(H,18,19)/t13-/m0/s1. The summed E-state index contributed by atoms with van der Waals surface area (Å²) in [6.07, 6.45) is 4.87. The molecule has 0 saturated carbocycles. The van der Waals surface area contributed by atoms with Crippen LogP contribution in [0.25, 0.3) is 11.3 Å². The van der Waals surface area contributed by atoms with Crippen LogP contribution in [0.1, 0.15) is 19.3 Å². The Morgan fingerprint density at radius 3 is 2.86 bits per heavy atom. The van der Waals surface area contributed by atoms with E-state index < -0.39 is 0 Å². The molecule has 2 aromatic rings. The lowest BCUT2D eigenvalue weighted by molar-refractivity contribution is -0.120. The van der Waals surface area contributed by atoms with E-state index in [4.69, 9.17) is 0 Å². The molecule has 1 atom stereocenters. The molecular weight excluding hydrogens is 350 g/mol. The van der Waals surface area contributed by atoms with Crippen molar-refractivity contribution in [3.05, 3.63) is 34.9 Å². The van der Waals surface area contributed by atoms with E-state index in [1.165, 1.54) is 11.8 Å². The fourth-order valence-electron chi connectivity index (χ4n) is 2.30. The number of halogens is 1. The molecule has 6 heteroatoms. The number of aromatic nitrogens is 2. The molecule has 1 amide bonds. The summed E-state index contributed by atoms with van der Waals surface area (Å²) in [5, 5.41) is 3.71. The highest BCUT2D eigenvalue weighted by Crippen LogP contribution is 2.28. The third-order valence-corrected chi connectivity index (χ3v) is 5.14. The predicted molar refractivity (Wildman–Crippen MR) is 88.2 cm³/mol. The quantitative estimate of drug-likeness (QED) is 0.873. The second kappa shape index (κ2) is 6.66. The average Bonchev–Trinajstić information content (AvgIpc) is 2.85. The SMILES string of the molecule is O=C1NCCCC[C@@H]1Sc1ncc(-c2ccc(Br)cc2)[nH]1. The second-order valence-corrected chi connectivity index (χ2v) is 7.11. The molecule has 2 N–H and O–H groups in total. The zero-order chi connectivity index (χ0) is 14.7. The molecule has 0 aliphatic carbocycles. The van der Waals surface area contributed by atoms with E-state index in [1.807, 2.05) is 30.5 Å². The van der Waals surface area contributed by atoms with Crippen LogP contribution in [-0.4, -0.2) is 27.7 Å². The average molecular weight is 366 g/mol. The number of rotatable bonds is 3. The number of carbonyl (C=O) groups excluding carboxylic acids is 1. The van der Waals surface area contributed by atoms with Crippen molar-refractivity contribution in [1.82, 2.24) is 15.3 Å². The Hall–Kier alpha value is -1.27. The van der Waals surface area contributed by atoms with Crippen LogP contribution in [0.3, 0.4) is 0 Å². The minimum Gasteiger partial charge on any atom is -0.355 e. The molecule has 4 nitrogen and oxygen atoms in total. The molecule has 1 aromatic carbocycles. The molecule has 0 radical (unpaired) electrons. The third kappa shape index (κ3) is 3.68. The summed E-state index contributed by atoms with van der Waals surface area (Å²) in [7, 11) is 0. The van der Waals surface area contributed by atoms with Gasteiger partial charge in [-0.15, -0.1) is 0 Å². The lowest BCUT2D eigenvalue weighted by Crippen LogP contribution is -2.30. The predicted octanol–water partition coefficient (Wildman–Crippen LogP) is 3.60. The number of hydrogen-bond donors (Lipinski definition) is 2. The van der Waals surface area contributed by atoms with Crippen molar-refractivity contribution >= 4 is 33.6 Å². The van der Waals surface area contributed by atoms with Gasteiger partial charge >= 0.3 is 0 Å². The minimum atomic E-state index is -0.0450. The molecule has 0 spiro atoms. The first-order valence-corrected chi connectivity index (χ1v) is 8.65. The molecule has 1 aliphatic rings. The Morgan fingerprint density at radius 2 is 2.05 bits per heavy atom. The molecule has 1 aromatic heterocycles. The van der Waals surface area contributed by atoms with Crippen LogP contribution in [0.15, 0.2) is 40.1 Å². The Morgan fingerprint density at radius 1 is 1.24 bits per heavy atom. The van der Waals surface area contributed by atoms with Crippen LogP contribution in [0.4, 0.5) is 0 Å². The largest absolute Gasteiger partial charge is 0.355 e. The molecule has 21 heavy (non-hydrogen) atoms. The molecule has 3 rings (SSSR count). The zero-order valence-electron chi connectivity index (χ0n) is 11.4. The van der Waals surface area contributed by atoms with Crippen molar-refractivity contribution < 1.29 is 4.79 Å². The third-order valence-electron chi connectivity index (χ3n) is 3.45. The van der Waals surface area contributed by atoms with Gasteiger partial charge in [-0.25, -0.2) is 4.98 Å². The monoisotopic (exact) mass is 365 g/mol. The van der Waals surface area contributed by atoms with Crippen molar-refractivity contribution in [2.24, 2.45) is 0 Å². The number of imidazole rings is 1. The summed E-state index contributed by atoms with van der Waals surface area (Å²) in [6.45, 7) is 0.790. The first-order valence-electron chi connectivity index (χ1n) is 6.98. The summed E-state index contributed by atoms with van der Waals surface area (Å²) >= 11 is 4.95. The molecule has 2 heterocycles. The van der Waals surface area contributed by atoms with Crippen molar-refractivity contribution in [3.8, 4) is 11.3 Å². The fraction of sp³-hybridized carbons (Fsp3) is 0.333. The number of carbonyl (C=O) groups is 1. The number of nitrogens with one attached hydrogen (secondary N) is 2. The lowest BCUT2D eigenvalue weighted by atomic mass is 10.2. The van der Waals surface area contributed by atoms with Gasteiger partial charge in [-0.1, -0.05) is 46.2 Å². The Balaban J connectivity index is 1.72. The summed E-state index contributed by atoms with van der Waals surface area (Å²) in [4.78, 5) is 19.6. The van der Waals surface area contributed by atoms with Gasteiger partial charge in [0.05, 0.1) is 17.1 Å². The minimum absolute atomic E-state index is 0.0450. The van der Waals surface area contributed by atoms with Gasteiger partial charge in [-0.3, -0.25) is 4.79 Å². The molecular formula is C15H16BrN3OS. The normalized spacial score (nSPS) is 19.1. The van der Waals surface area contributed by atoms with Crippen LogP contribution in [-0.2, 0) is 4.79 Å². The van der Waals surface area contributed by atoms with Gasteiger partial charge in [-0.05, 0) is 30.5 Å². The van der Waals surface area contributed by atoms with Crippen LogP contribution in [0.5, 0.6) is 0 Å². The molecule has 110 valence electrons. The highest BCUT2D eigenvalue weighted by molar-refractivity contribution is 9.10. The van der Waals surface area contributed by atoms with Gasteiger partial charge in [0, 0.05) is 11.0 Å². The van der Waals surface area contributed by atoms with Crippen LogP contribution in [0.2, 0.25) is 0 Å². The first-order chi connectivity index (χ1) is 10.2. The Bertz CT molecular complexity index is 626. The fourth-order valence-corrected chi connectivity index (χ4v) is 3.59. The maximum atomic E-state index is 12.0. The van der Waals surface area contributed by atoms with Crippen molar-refractivity contribution in [1.29, 1.82) is 0 Å². The van der Waals surface area contributed by atoms with E-state index >= 15 is 0 Å². The summed E-state index contributed by atoms with van der Waals surface area (Å²) in [6, 6.07) is 8.07. The van der Waals surface area contributed by atoms with Crippen LogP contribution >= 0.6 is 27.7 Å². The van der Waals surface area contributed by atoms with Crippen LogP contribution in [0, 0.1) is 0 Å².